The van der Waals surface area contributed by atoms with Crippen molar-refractivity contribution in [2.24, 2.45) is 0 Å². The van der Waals surface area contributed by atoms with Crippen LogP contribution in [0.4, 0.5) is 0 Å². The first-order chi connectivity index (χ1) is 10.8. The summed E-state index contributed by atoms with van der Waals surface area (Å²) < 4.78 is 7.00. The number of aryl methyl sites for hydroxylation is 1. The van der Waals surface area contributed by atoms with E-state index in [4.69, 9.17) is 4.74 Å². The molecule has 0 saturated heterocycles. The van der Waals surface area contributed by atoms with E-state index in [-0.39, 0.29) is 5.97 Å². The number of fused-ring (bicyclic) bond motifs is 1. The van der Waals surface area contributed by atoms with Gasteiger partial charge >= 0.3 is 5.97 Å². The van der Waals surface area contributed by atoms with Crippen molar-refractivity contribution in [2.75, 3.05) is 7.11 Å². The predicted molar refractivity (Wildman–Crippen MR) is 84.9 cm³/mol. The van der Waals surface area contributed by atoms with Crippen LogP contribution in [0.25, 0.3) is 0 Å². The molecular formula is C16H19N3O2S. The van der Waals surface area contributed by atoms with Crippen LogP contribution in [0.1, 0.15) is 41.0 Å². The van der Waals surface area contributed by atoms with Gasteiger partial charge in [-0.05, 0) is 30.5 Å². The average molecular weight is 317 g/mol. The van der Waals surface area contributed by atoms with E-state index in [9.17, 15) is 4.79 Å². The van der Waals surface area contributed by atoms with Crippen molar-refractivity contribution in [3.63, 3.8) is 0 Å². The maximum atomic E-state index is 11.6. The Hall–Kier alpha value is -1.82. The molecule has 5 nitrogen and oxygen atoms in total. The van der Waals surface area contributed by atoms with Crippen LogP contribution in [0.15, 0.2) is 29.4 Å². The zero-order chi connectivity index (χ0) is 15.4. The van der Waals surface area contributed by atoms with Gasteiger partial charge in [0.25, 0.3) is 0 Å². The molecule has 0 radical (unpaired) electrons. The first-order valence-electron chi connectivity index (χ1n) is 7.50. The standard InChI is InChI=1S/C16H19N3O2S/c1-21-15(20)13-7-5-6-12(10-13)11-22-16-18-17-14-8-3-2-4-9-19(14)16/h5-7,10H,2-4,8-9,11H2,1H3. The molecule has 2 aromatic rings. The van der Waals surface area contributed by atoms with Gasteiger partial charge in [-0.2, -0.15) is 0 Å². The second-order valence-electron chi connectivity index (χ2n) is 5.34. The Morgan fingerprint density at radius 3 is 3.09 bits per heavy atom. The lowest BCUT2D eigenvalue weighted by molar-refractivity contribution is 0.0600. The number of methoxy groups -OCH3 is 1. The quantitative estimate of drug-likeness (QED) is 0.641. The second-order valence-corrected chi connectivity index (χ2v) is 6.28. The largest absolute Gasteiger partial charge is 0.465 e. The number of rotatable bonds is 4. The van der Waals surface area contributed by atoms with Crippen LogP contribution in [-0.2, 0) is 23.5 Å². The molecule has 22 heavy (non-hydrogen) atoms. The molecule has 2 heterocycles. The molecule has 0 fully saturated rings. The number of ether oxygens (including phenoxy) is 1. The minimum Gasteiger partial charge on any atom is -0.465 e. The fraction of sp³-hybridized carbons (Fsp3) is 0.438. The molecule has 0 unspecified atom stereocenters. The van der Waals surface area contributed by atoms with E-state index < -0.39 is 0 Å². The molecule has 3 rings (SSSR count). The fourth-order valence-corrected chi connectivity index (χ4v) is 3.55. The summed E-state index contributed by atoms with van der Waals surface area (Å²) in [4.78, 5) is 11.6. The van der Waals surface area contributed by atoms with Gasteiger partial charge in [-0.25, -0.2) is 4.79 Å². The Bertz CT molecular complexity index is 669. The zero-order valence-corrected chi connectivity index (χ0v) is 13.4. The number of nitrogens with zero attached hydrogens (tertiary/aromatic N) is 3. The highest BCUT2D eigenvalue weighted by Crippen LogP contribution is 2.25. The van der Waals surface area contributed by atoms with Crippen molar-refractivity contribution in [1.29, 1.82) is 0 Å². The SMILES string of the molecule is COC(=O)c1cccc(CSc2nnc3n2CCCCC3)c1. The maximum absolute atomic E-state index is 11.6. The first kappa shape index (κ1) is 15.1. The highest BCUT2D eigenvalue weighted by molar-refractivity contribution is 7.98. The van der Waals surface area contributed by atoms with Gasteiger partial charge in [-0.1, -0.05) is 30.3 Å². The van der Waals surface area contributed by atoms with Crippen LogP contribution in [0.2, 0.25) is 0 Å². The minimum atomic E-state index is -0.303. The van der Waals surface area contributed by atoms with E-state index in [1.165, 1.54) is 26.4 Å². The molecule has 0 bridgehead atoms. The molecule has 1 aromatic heterocycles. The van der Waals surface area contributed by atoms with E-state index in [1.807, 2.05) is 18.2 Å². The number of hydrogen-bond donors (Lipinski definition) is 0. The third-order valence-corrected chi connectivity index (χ3v) is 4.83. The van der Waals surface area contributed by atoms with E-state index in [1.54, 1.807) is 17.8 Å². The van der Waals surface area contributed by atoms with E-state index in [0.717, 1.165) is 35.3 Å². The number of esters is 1. The molecule has 0 saturated carbocycles. The number of carbonyl (C=O) groups is 1. The van der Waals surface area contributed by atoms with Crippen LogP contribution in [-0.4, -0.2) is 27.8 Å². The predicted octanol–water partition coefficient (Wildman–Crippen LogP) is 3.08. The number of benzene rings is 1. The molecule has 0 spiro atoms. The van der Waals surface area contributed by atoms with E-state index in [2.05, 4.69) is 14.8 Å². The van der Waals surface area contributed by atoms with Gasteiger partial charge in [0, 0.05) is 18.7 Å². The molecule has 1 aliphatic heterocycles. The zero-order valence-electron chi connectivity index (χ0n) is 12.6. The van der Waals surface area contributed by atoms with Crippen LogP contribution in [0, 0.1) is 0 Å². The van der Waals surface area contributed by atoms with Crippen LogP contribution < -0.4 is 0 Å². The molecular weight excluding hydrogens is 298 g/mol. The summed E-state index contributed by atoms with van der Waals surface area (Å²) >= 11 is 1.67. The fourth-order valence-electron chi connectivity index (χ4n) is 2.62. The van der Waals surface area contributed by atoms with E-state index >= 15 is 0 Å². The van der Waals surface area contributed by atoms with Gasteiger partial charge in [0.1, 0.15) is 5.82 Å². The normalized spacial score (nSPS) is 14.2. The van der Waals surface area contributed by atoms with Crippen molar-refractivity contribution in [3.8, 4) is 0 Å². The lowest BCUT2D eigenvalue weighted by atomic mass is 10.1. The smallest absolute Gasteiger partial charge is 0.337 e. The summed E-state index contributed by atoms with van der Waals surface area (Å²) in [7, 11) is 1.40. The van der Waals surface area contributed by atoms with Crippen LogP contribution in [0.5, 0.6) is 0 Å². The highest BCUT2D eigenvalue weighted by Gasteiger charge is 2.15. The third kappa shape index (κ3) is 3.32. The van der Waals surface area contributed by atoms with Gasteiger partial charge < -0.3 is 9.30 Å². The molecule has 0 aliphatic carbocycles. The minimum absolute atomic E-state index is 0.303. The van der Waals surface area contributed by atoms with Gasteiger partial charge in [0.15, 0.2) is 5.16 Å². The summed E-state index contributed by atoms with van der Waals surface area (Å²) in [5.41, 5.74) is 1.67. The van der Waals surface area contributed by atoms with Crippen molar-refractivity contribution in [3.05, 3.63) is 41.2 Å². The molecule has 1 aromatic carbocycles. The first-order valence-corrected chi connectivity index (χ1v) is 8.48. The number of carbonyl (C=O) groups excluding carboxylic acids is 1. The molecule has 0 atom stereocenters. The van der Waals surface area contributed by atoms with Crippen molar-refractivity contribution in [2.45, 2.75) is 43.1 Å². The lowest BCUT2D eigenvalue weighted by Crippen LogP contribution is -2.03. The molecule has 0 N–H and O–H groups in total. The summed E-state index contributed by atoms with van der Waals surface area (Å²) in [6, 6.07) is 7.53. The van der Waals surface area contributed by atoms with Crippen molar-refractivity contribution in [1.82, 2.24) is 14.8 Å². The molecule has 116 valence electrons. The highest BCUT2D eigenvalue weighted by atomic mass is 32.2. The van der Waals surface area contributed by atoms with Gasteiger partial charge in [0.05, 0.1) is 12.7 Å². The summed E-state index contributed by atoms with van der Waals surface area (Å²) in [6.45, 7) is 1.01. The topological polar surface area (TPSA) is 57.0 Å². The van der Waals surface area contributed by atoms with E-state index in [0.29, 0.717) is 5.56 Å². The number of hydrogen-bond acceptors (Lipinski definition) is 5. The van der Waals surface area contributed by atoms with Gasteiger partial charge in [-0.15, -0.1) is 10.2 Å². The van der Waals surface area contributed by atoms with Gasteiger partial charge in [-0.3, -0.25) is 0 Å². The monoisotopic (exact) mass is 317 g/mol. The lowest BCUT2D eigenvalue weighted by Gasteiger charge is -2.07. The molecule has 1 aliphatic rings. The average Bonchev–Trinajstić information content (AvgIpc) is 2.79. The second kappa shape index (κ2) is 6.96. The Balaban J connectivity index is 1.70. The Kier molecular flexibility index (Phi) is 4.77. The molecule has 6 heteroatoms. The maximum Gasteiger partial charge on any atom is 0.337 e. The van der Waals surface area contributed by atoms with Crippen LogP contribution in [0.3, 0.4) is 0 Å². The van der Waals surface area contributed by atoms with Crippen molar-refractivity contribution < 1.29 is 9.53 Å². The van der Waals surface area contributed by atoms with Crippen LogP contribution >= 0.6 is 11.8 Å². The Morgan fingerprint density at radius 1 is 1.32 bits per heavy atom. The van der Waals surface area contributed by atoms with Crippen molar-refractivity contribution >= 4 is 17.7 Å². The summed E-state index contributed by atoms with van der Waals surface area (Å²) in [6.07, 6.45) is 4.67. The summed E-state index contributed by atoms with van der Waals surface area (Å²) in [5.74, 6) is 1.56. The number of aromatic nitrogens is 3. The Labute approximate surface area is 134 Å². The third-order valence-electron chi connectivity index (χ3n) is 3.79. The van der Waals surface area contributed by atoms with Gasteiger partial charge in [0.2, 0.25) is 0 Å². The molecule has 0 amide bonds. The Morgan fingerprint density at radius 2 is 2.23 bits per heavy atom. The summed E-state index contributed by atoms with van der Waals surface area (Å²) in [5, 5.41) is 9.59. The number of thioether (sulfide) groups is 1.